The zero-order chi connectivity index (χ0) is 12.8. The number of hydrogen-bond donors (Lipinski definition) is 2. The fraction of sp³-hybridized carbons (Fsp3) is 0.692. The molecule has 1 heterocycles. The molecule has 1 saturated carbocycles. The van der Waals surface area contributed by atoms with Crippen molar-refractivity contribution in [3.8, 4) is 5.88 Å². The SMILES string of the molecule is CCOc1cc(NC2CCCCCC2O)ncn1. The molecule has 2 atom stereocenters. The number of nitrogens with one attached hydrogen (secondary N) is 1. The summed E-state index contributed by atoms with van der Waals surface area (Å²) in [4.78, 5) is 8.19. The number of hydrogen-bond acceptors (Lipinski definition) is 5. The molecule has 1 aromatic heterocycles. The molecule has 5 nitrogen and oxygen atoms in total. The van der Waals surface area contributed by atoms with Gasteiger partial charge in [-0.3, -0.25) is 0 Å². The Bertz CT molecular complexity index is 373. The fourth-order valence-electron chi connectivity index (χ4n) is 2.29. The van der Waals surface area contributed by atoms with Crippen LogP contribution >= 0.6 is 0 Å². The molecule has 1 fully saturated rings. The monoisotopic (exact) mass is 251 g/mol. The minimum atomic E-state index is -0.294. The number of aromatic nitrogens is 2. The average molecular weight is 251 g/mol. The van der Waals surface area contributed by atoms with Gasteiger partial charge in [0.2, 0.25) is 5.88 Å². The topological polar surface area (TPSA) is 67.3 Å². The molecule has 0 aromatic carbocycles. The van der Waals surface area contributed by atoms with E-state index in [4.69, 9.17) is 4.74 Å². The van der Waals surface area contributed by atoms with Crippen LogP contribution in [0, 0.1) is 0 Å². The summed E-state index contributed by atoms with van der Waals surface area (Å²) in [6.45, 7) is 2.51. The highest BCUT2D eigenvalue weighted by Crippen LogP contribution is 2.21. The summed E-state index contributed by atoms with van der Waals surface area (Å²) >= 11 is 0. The van der Waals surface area contributed by atoms with E-state index in [2.05, 4.69) is 15.3 Å². The van der Waals surface area contributed by atoms with E-state index in [9.17, 15) is 5.11 Å². The molecule has 1 aliphatic rings. The van der Waals surface area contributed by atoms with Gasteiger partial charge in [0.25, 0.3) is 0 Å². The van der Waals surface area contributed by atoms with Crippen LogP contribution in [0.2, 0.25) is 0 Å². The second-order valence-electron chi connectivity index (χ2n) is 4.63. The van der Waals surface area contributed by atoms with Crippen LogP contribution in [0.3, 0.4) is 0 Å². The summed E-state index contributed by atoms with van der Waals surface area (Å²) in [5.74, 6) is 1.29. The van der Waals surface area contributed by atoms with Crippen LogP contribution < -0.4 is 10.1 Å². The van der Waals surface area contributed by atoms with E-state index < -0.39 is 0 Å². The number of anilines is 1. The highest BCUT2D eigenvalue weighted by molar-refractivity contribution is 5.38. The molecule has 5 heteroatoms. The van der Waals surface area contributed by atoms with Crippen molar-refractivity contribution in [1.29, 1.82) is 0 Å². The number of nitrogens with zero attached hydrogens (tertiary/aromatic N) is 2. The Morgan fingerprint density at radius 2 is 2.17 bits per heavy atom. The first-order chi connectivity index (χ1) is 8.79. The Balaban J connectivity index is 2.00. The lowest BCUT2D eigenvalue weighted by molar-refractivity contribution is 0.144. The van der Waals surface area contributed by atoms with Crippen molar-refractivity contribution in [2.75, 3.05) is 11.9 Å². The minimum Gasteiger partial charge on any atom is -0.478 e. The van der Waals surface area contributed by atoms with Gasteiger partial charge in [0.1, 0.15) is 12.1 Å². The maximum atomic E-state index is 10.0. The highest BCUT2D eigenvalue weighted by atomic mass is 16.5. The van der Waals surface area contributed by atoms with E-state index in [-0.39, 0.29) is 12.1 Å². The van der Waals surface area contributed by atoms with E-state index in [1.807, 2.05) is 6.92 Å². The van der Waals surface area contributed by atoms with Crippen molar-refractivity contribution in [3.63, 3.8) is 0 Å². The second kappa shape index (κ2) is 6.54. The van der Waals surface area contributed by atoms with Crippen LogP contribution in [0.15, 0.2) is 12.4 Å². The van der Waals surface area contributed by atoms with Gasteiger partial charge < -0.3 is 15.2 Å². The van der Waals surface area contributed by atoms with Crippen LogP contribution in [0.1, 0.15) is 39.0 Å². The van der Waals surface area contributed by atoms with Crippen LogP contribution in [-0.4, -0.2) is 33.8 Å². The molecule has 0 radical (unpaired) electrons. The maximum Gasteiger partial charge on any atom is 0.218 e. The Morgan fingerprint density at radius 3 is 3.00 bits per heavy atom. The van der Waals surface area contributed by atoms with Crippen molar-refractivity contribution in [1.82, 2.24) is 9.97 Å². The molecule has 2 rings (SSSR count). The summed E-state index contributed by atoms with van der Waals surface area (Å²) < 4.78 is 5.33. The number of ether oxygens (including phenoxy) is 1. The molecule has 100 valence electrons. The van der Waals surface area contributed by atoms with Crippen LogP contribution in [-0.2, 0) is 0 Å². The molecule has 0 saturated heterocycles. The third-order valence-corrected chi connectivity index (χ3v) is 3.25. The lowest BCUT2D eigenvalue weighted by atomic mass is 10.1. The molecule has 2 N–H and O–H groups in total. The summed E-state index contributed by atoms with van der Waals surface area (Å²) in [6, 6.07) is 1.86. The van der Waals surface area contributed by atoms with E-state index in [1.165, 1.54) is 12.7 Å². The van der Waals surface area contributed by atoms with Crippen LogP contribution in [0.25, 0.3) is 0 Å². The summed E-state index contributed by atoms with van der Waals surface area (Å²) in [6.07, 6.45) is 6.49. The third-order valence-electron chi connectivity index (χ3n) is 3.25. The molecular weight excluding hydrogens is 230 g/mol. The number of aliphatic hydroxyl groups excluding tert-OH is 1. The summed E-state index contributed by atoms with van der Waals surface area (Å²) in [5.41, 5.74) is 0. The molecule has 1 aromatic rings. The van der Waals surface area contributed by atoms with Gasteiger partial charge in [-0.15, -0.1) is 0 Å². The van der Waals surface area contributed by atoms with E-state index in [1.54, 1.807) is 6.07 Å². The molecule has 0 amide bonds. The van der Waals surface area contributed by atoms with Gasteiger partial charge in [-0.2, -0.15) is 0 Å². The molecular formula is C13H21N3O2. The largest absolute Gasteiger partial charge is 0.478 e. The summed E-state index contributed by atoms with van der Waals surface area (Å²) in [7, 11) is 0. The lowest BCUT2D eigenvalue weighted by Crippen LogP contribution is -2.32. The lowest BCUT2D eigenvalue weighted by Gasteiger charge is -2.22. The second-order valence-corrected chi connectivity index (χ2v) is 4.63. The highest BCUT2D eigenvalue weighted by Gasteiger charge is 2.21. The Morgan fingerprint density at radius 1 is 1.33 bits per heavy atom. The van der Waals surface area contributed by atoms with E-state index in [0.717, 1.165) is 31.5 Å². The maximum absolute atomic E-state index is 10.0. The smallest absolute Gasteiger partial charge is 0.218 e. The molecule has 0 aliphatic heterocycles. The van der Waals surface area contributed by atoms with Gasteiger partial charge in [0.15, 0.2) is 0 Å². The Hall–Kier alpha value is -1.36. The molecule has 18 heavy (non-hydrogen) atoms. The third kappa shape index (κ3) is 3.57. The Labute approximate surface area is 108 Å². The zero-order valence-corrected chi connectivity index (χ0v) is 10.8. The van der Waals surface area contributed by atoms with Crippen LogP contribution in [0.4, 0.5) is 5.82 Å². The predicted molar refractivity (Wildman–Crippen MR) is 69.7 cm³/mol. The molecule has 2 unspecified atom stereocenters. The van der Waals surface area contributed by atoms with Gasteiger partial charge in [-0.25, -0.2) is 9.97 Å². The van der Waals surface area contributed by atoms with Gasteiger partial charge in [-0.1, -0.05) is 19.3 Å². The predicted octanol–water partition coefficient (Wildman–Crippen LogP) is 1.98. The minimum absolute atomic E-state index is 0.0804. The fourth-order valence-corrected chi connectivity index (χ4v) is 2.29. The normalized spacial score (nSPS) is 24.3. The van der Waals surface area contributed by atoms with Crippen molar-refractivity contribution in [2.45, 2.75) is 51.2 Å². The van der Waals surface area contributed by atoms with Gasteiger partial charge in [0, 0.05) is 6.07 Å². The van der Waals surface area contributed by atoms with Crippen molar-refractivity contribution in [2.24, 2.45) is 0 Å². The van der Waals surface area contributed by atoms with Crippen LogP contribution in [0.5, 0.6) is 5.88 Å². The standard InChI is InChI=1S/C13H21N3O2/c1-2-18-13-8-12(14-9-15-13)16-10-6-4-3-5-7-11(10)17/h8-11,17H,2-7H2,1H3,(H,14,15,16). The first kappa shape index (κ1) is 13.1. The Kier molecular flexibility index (Phi) is 4.75. The summed E-state index contributed by atoms with van der Waals surface area (Å²) in [5, 5.41) is 13.3. The zero-order valence-electron chi connectivity index (χ0n) is 10.8. The quantitative estimate of drug-likeness (QED) is 0.801. The molecule has 0 spiro atoms. The van der Waals surface area contributed by atoms with Gasteiger partial charge in [0.05, 0.1) is 18.8 Å². The molecule has 0 bridgehead atoms. The van der Waals surface area contributed by atoms with Crippen molar-refractivity contribution in [3.05, 3.63) is 12.4 Å². The first-order valence-electron chi connectivity index (χ1n) is 6.69. The van der Waals surface area contributed by atoms with E-state index >= 15 is 0 Å². The van der Waals surface area contributed by atoms with E-state index in [0.29, 0.717) is 12.5 Å². The first-order valence-corrected chi connectivity index (χ1v) is 6.69. The number of rotatable bonds is 4. The average Bonchev–Trinajstić information content (AvgIpc) is 2.56. The molecule has 1 aliphatic carbocycles. The van der Waals surface area contributed by atoms with Gasteiger partial charge >= 0.3 is 0 Å². The van der Waals surface area contributed by atoms with Crippen molar-refractivity contribution >= 4 is 5.82 Å². The number of aliphatic hydroxyl groups is 1. The van der Waals surface area contributed by atoms with Gasteiger partial charge in [-0.05, 0) is 19.8 Å². The van der Waals surface area contributed by atoms with Crippen molar-refractivity contribution < 1.29 is 9.84 Å².